The summed E-state index contributed by atoms with van der Waals surface area (Å²) < 4.78 is 24.0. The third kappa shape index (κ3) is 6.96. The van der Waals surface area contributed by atoms with E-state index in [9.17, 15) is 0 Å². The summed E-state index contributed by atoms with van der Waals surface area (Å²) in [6.07, 6.45) is 13.8. The van der Waals surface area contributed by atoms with Crippen LogP contribution in [0, 0.1) is 0 Å². The molecule has 2 aliphatic rings. The van der Waals surface area contributed by atoms with Crippen LogP contribution in [0.4, 0.5) is 0 Å². The Bertz CT molecular complexity index is 1520. The average Bonchev–Trinajstić information content (AvgIpc) is 3.01. The van der Waals surface area contributed by atoms with Crippen LogP contribution in [0.1, 0.15) is 61.4 Å². The Kier molecular flexibility index (Phi) is 9.16. The predicted molar refractivity (Wildman–Crippen MR) is 172 cm³/mol. The summed E-state index contributed by atoms with van der Waals surface area (Å²) in [5.41, 5.74) is 7.67. The number of fused-ring (bicyclic) bond motifs is 1. The summed E-state index contributed by atoms with van der Waals surface area (Å²) >= 11 is 0. The minimum Gasteiger partial charge on any atom is -0.493 e. The van der Waals surface area contributed by atoms with Crippen LogP contribution in [-0.2, 0) is 18.4 Å². The van der Waals surface area contributed by atoms with Crippen LogP contribution in [0.2, 0.25) is 0 Å². The Morgan fingerprint density at radius 3 is 2.26 bits per heavy atom. The fourth-order valence-electron chi connectivity index (χ4n) is 5.32. The molecule has 3 aromatic rings. The van der Waals surface area contributed by atoms with E-state index in [4.69, 9.17) is 23.9 Å². The lowest BCUT2D eigenvalue weighted by molar-refractivity contribution is 0.284. The monoisotopic (exact) mass is 563 g/mol. The van der Waals surface area contributed by atoms with Crippen LogP contribution in [-0.4, -0.2) is 33.1 Å². The van der Waals surface area contributed by atoms with E-state index in [-0.39, 0.29) is 5.41 Å². The third-order valence-electron chi connectivity index (χ3n) is 7.60. The molecule has 0 saturated carbocycles. The first-order valence-electron chi connectivity index (χ1n) is 14.7. The first-order valence-corrected chi connectivity index (χ1v) is 14.7. The van der Waals surface area contributed by atoms with Crippen molar-refractivity contribution < 1.29 is 18.9 Å². The molecule has 42 heavy (non-hydrogen) atoms. The lowest BCUT2D eigenvalue weighted by Gasteiger charge is -2.24. The molecule has 5 nitrogen and oxygen atoms in total. The van der Waals surface area contributed by atoms with Crippen LogP contribution in [0.15, 0.2) is 89.5 Å². The maximum Gasteiger partial charge on any atom is 0.162 e. The molecule has 0 fully saturated rings. The Morgan fingerprint density at radius 2 is 1.55 bits per heavy atom. The highest BCUT2D eigenvalue weighted by atomic mass is 16.5. The van der Waals surface area contributed by atoms with Crippen molar-refractivity contribution in [2.24, 2.45) is 4.99 Å². The molecule has 5 heteroatoms. The molecule has 0 unspecified atom stereocenters. The van der Waals surface area contributed by atoms with E-state index in [0.717, 1.165) is 65.5 Å². The SMILES string of the molecule is COc1cc(C(C)(C)C)c(/C=C/C2=NCCc3cc(OCc4ccccc4)c(OC)cc32)cc1OCC1=CCCC=C1. The summed E-state index contributed by atoms with van der Waals surface area (Å²) in [5.74, 6) is 2.93. The Balaban J connectivity index is 1.43. The lowest BCUT2D eigenvalue weighted by Crippen LogP contribution is -2.15. The number of hydrogen-bond acceptors (Lipinski definition) is 5. The van der Waals surface area contributed by atoms with Crippen molar-refractivity contribution in [3.05, 3.63) is 112 Å². The molecule has 0 spiro atoms. The summed E-state index contributed by atoms with van der Waals surface area (Å²) in [6.45, 7) is 8.37. The van der Waals surface area contributed by atoms with Gasteiger partial charge in [-0.1, -0.05) is 75.4 Å². The molecule has 0 amide bonds. The smallest absolute Gasteiger partial charge is 0.162 e. The van der Waals surface area contributed by atoms with Crippen molar-refractivity contribution in [3.63, 3.8) is 0 Å². The highest BCUT2D eigenvalue weighted by molar-refractivity contribution is 6.12. The highest BCUT2D eigenvalue weighted by Gasteiger charge is 2.22. The zero-order chi connectivity index (χ0) is 29.5. The first kappa shape index (κ1) is 29.2. The third-order valence-corrected chi connectivity index (χ3v) is 7.60. The normalized spacial score (nSPS) is 14.7. The molecule has 5 rings (SSSR count). The van der Waals surface area contributed by atoms with E-state index in [1.54, 1.807) is 14.2 Å². The van der Waals surface area contributed by atoms with E-state index < -0.39 is 0 Å². The van der Waals surface area contributed by atoms with Gasteiger partial charge in [0.1, 0.15) is 13.2 Å². The number of methoxy groups -OCH3 is 2. The van der Waals surface area contributed by atoms with E-state index in [0.29, 0.717) is 19.0 Å². The van der Waals surface area contributed by atoms with Gasteiger partial charge in [-0.3, -0.25) is 4.99 Å². The van der Waals surface area contributed by atoms with E-state index in [1.807, 2.05) is 18.2 Å². The van der Waals surface area contributed by atoms with E-state index in [1.165, 1.54) is 16.7 Å². The van der Waals surface area contributed by atoms with Crippen molar-refractivity contribution in [2.45, 2.75) is 52.1 Å². The largest absolute Gasteiger partial charge is 0.493 e. The van der Waals surface area contributed by atoms with Gasteiger partial charge >= 0.3 is 0 Å². The Morgan fingerprint density at radius 1 is 0.810 bits per heavy atom. The second-order valence-corrected chi connectivity index (χ2v) is 11.7. The standard InChI is InChI=1S/C37H41NO4/c1-37(2,3)31-23-34(40-5)36(42-25-27-14-10-7-11-15-27)21-29(31)16-17-32-30-22-33(39-4)35(20-28(30)18-19-38-32)41-24-26-12-8-6-9-13-26/h6,8-10,12-17,20-23H,7,11,18-19,24-25H2,1-5H3/b17-16+. The zero-order valence-corrected chi connectivity index (χ0v) is 25.4. The van der Waals surface area contributed by atoms with Crippen molar-refractivity contribution in [2.75, 3.05) is 27.4 Å². The molecule has 0 N–H and O–H groups in total. The fraction of sp³-hybridized carbons (Fsp3) is 0.324. The first-order chi connectivity index (χ1) is 20.4. The van der Waals surface area contributed by atoms with Gasteiger partial charge in [-0.2, -0.15) is 0 Å². The molecule has 0 atom stereocenters. The van der Waals surface area contributed by atoms with Gasteiger partial charge in [0.05, 0.1) is 19.9 Å². The second kappa shape index (κ2) is 13.2. The van der Waals surface area contributed by atoms with Crippen LogP contribution in [0.25, 0.3) is 6.08 Å². The summed E-state index contributed by atoms with van der Waals surface area (Å²) in [7, 11) is 3.38. The molecule has 1 aliphatic carbocycles. The van der Waals surface area contributed by atoms with Crippen LogP contribution >= 0.6 is 0 Å². The molecule has 1 aliphatic heterocycles. The lowest BCUT2D eigenvalue weighted by atomic mass is 9.83. The number of benzene rings is 3. The molecule has 0 aromatic heterocycles. The van der Waals surface area contributed by atoms with Crippen molar-refractivity contribution in [3.8, 4) is 23.0 Å². The van der Waals surface area contributed by atoms with Crippen molar-refractivity contribution >= 4 is 11.8 Å². The predicted octanol–water partition coefficient (Wildman–Crippen LogP) is 8.29. The zero-order valence-electron chi connectivity index (χ0n) is 25.4. The van der Waals surface area contributed by atoms with Gasteiger partial charge < -0.3 is 18.9 Å². The maximum absolute atomic E-state index is 6.28. The number of ether oxygens (including phenoxy) is 4. The van der Waals surface area contributed by atoms with Gasteiger partial charge in [-0.25, -0.2) is 0 Å². The van der Waals surface area contributed by atoms with Gasteiger partial charge in [0.2, 0.25) is 0 Å². The van der Waals surface area contributed by atoms with E-state index in [2.05, 4.69) is 87.5 Å². The van der Waals surface area contributed by atoms with Gasteiger partial charge in [0, 0.05) is 12.1 Å². The Hall–Kier alpha value is -4.25. The quantitative estimate of drug-likeness (QED) is 0.249. The molecule has 0 bridgehead atoms. The number of hydrogen-bond donors (Lipinski definition) is 0. The highest BCUT2D eigenvalue weighted by Crippen LogP contribution is 2.38. The summed E-state index contributed by atoms with van der Waals surface area (Å²) in [6, 6.07) is 18.5. The second-order valence-electron chi connectivity index (χ2n) is 11.7. The van der Waals surface area contributed by atoms with Gasteiger partial charge in [0.15, 0.2) is 23.0 Å². The summed E-state index contributed by atoms with van der Waals surface area (Å²) in [5, 5.41) is 0. The molecule has 3 aromatic carbocycles. The number of aliphatic imine (C=N–C) groups is 1. The van der Waals surface area contributed by atoms with Crippen molar-refractivity contribution in [1.29, 1.82) is 0 Å². The van der Waals surface area contributed by atoms with Crippen LogP contribution in [0.3, 0.4) is 0 Å². The molecule has 0 radical (unpaired) electrons. The molecule has 1 heterocycles. The maximum atomic E-state index is 6.28. The molecular formula is C37H41NO4. The minimum atomic E-state index is -0.0966. The molecular weight excluding hydrogens is 522 g/mol. The number of nitrogens with zero attached hydrogens (tertiary/aromatic N) is 1. The number of rotatable bonds is 10. The van der Waals surface area contributed by atoms with Crippen LogP contribution in [0.5, 0.6) is 23.0 Å². The van der Waals surface area contributed by atoms with Gasteiger partial charge in [0.25, 0.3) is 0 Å². The molecule has 218 valence electrons. The van der Waals surface area contributed by atoms with Gasteiger partial charge in [-0.15, -0.1) is 0 Å². The van der Waals surface area contributed by atoms with Gasteiger partial charge in [-0.05, 0) is 82.8 Å². The van der Waals surface area contributed by atoms with Crippen LogP contribution < -0.4 is 18.9 Å². The van der Waals surface area contributed by atoms with E-state index >= 15 is 0 Å². The Labute approximate surface area is 250 Å². The number of allylic oxidation sites excluding steroid dienone is 3. The topological polar surface area (TPSA) is 49.3 Å². The van der Waals surface area contributed by atoms with Crippen molar-refractivity contribution in [1.82, 2.24) is 0 Å². The summed E-state index contributed by atoms with van der Waals surface area (Å²) in [4.78, 5) is 4.89. The minimum absolute atomic E-state index is 0.0966. The molecule has 0 saturated heterocycles. The average molecular weight is 564 g/mol. The fourth-order valence-corrected chi connectivity index (χ4v) is 5.32.